The number of rotatable bonds is 5. The lowest BCUT2D eigenvalue weighted by Crippen LogP contribution is -2.37. The standard InChI is InChI=1S/C15H19IN2O2/c1-2-8-17-15(20)12-9-13(19)18(14(12)16)10-11-6-4-3-5-7-11/h3-7,12,14H,2,8-10H2,1H3,(H,17,20). The van der Waals surface area contributed by atoms with E-state index >= 15 is 0 Å². The van der Waals surface area contributed by atoms with Crippen molar-refractivity contribution < 1.29 is 9.59 Å². The summed E-state index contributed by atoms with van der Waals surface area (Å²) < 4.78 is -0.0721. The molecule has 20 heavy (non-hydrogen) atoms. The molecular formula is C15H19IN2O2. The second-order valence-corrected chi connectivity index (χ2v) is 6.26. The van der Waals surface area contributed by atoms with E-state index in [1.807, 2.05) is 37.3 Å². The largest absolute Gasteiger partial charge is 0.356 e. The van der Waals surface area contributed by atoms with Crippen LogP contribution in [-0.2, 0) is 16.1 Å². The van der Waals surface area contributed by atoms with Crippen molar-refractivity contribution >= 4 is 34.4 Å². The Morgan fingerprint density at radius 1 is 1.40 bits per heavy atom. The van der Waals surface area contributed by atoms with Crippen LogP contribution in [0.3, 0.4) is 0 Å². The Bertz CT molecular complexity index is 478. The van der Waals surface area contributed by atoms with Gasteiger partial charge in [0.2, 0.25) is 11.8 Å². The van der Waals surface area contributed by atoms with Crippen molar-refractivity contribution in [1.29, 1.82) is 0 Å². The number of benzene rings is 1. The van der Waals surface area contributed by atoms with E-state index in [2.05, 4.69) is 27.9 Å². The minimum atomic E-state index is -0.238. The molecule has 0 radical (unpaired) electrons. The topological polar surface area (TPSA) is 49.4 Å². The van der Waals surface area contributed by atoms with Crippen molar-refractivity contribution in [1.82, 2.24) is 10.2 Å². The maximum atomic E-state index is 12.1. The van der Waals surface area contributed by atoms with Gasteiger partial charge < -0.3 is 10.2 Å². The van der Waals surface area contributed by atoms with Crippen molar-refractivity contribution in [3.63, 3.8) is 0 Å². The van der Waals surface area contributed by atoms with E-state index in [1.54, 1.807) is 4.90 Å². The van der Waals surface area contributed by atoms with Crippen LogP contribution in [0.15, 0.2) is 30.3 Å². The molecule has 1 heterocycles. The van der Waals surface area contributed by atoms with Crippen LogP contribution < -0.4 is 5.32 Å². The van der Waals surface area contributed by atoms with Crippen LogP contribution in [0.2, 0.25) is 0 Å². The molecule has 2 rings (SSSR count). The number of alkyl halides is 1. The number of nitrogens with one attached hydrogen (secondary N) is 1. The average Bonchev–Trinajstić information content (AvgIpc) is 2.74. The molecule has 2 unspecified atom stereocenters. The SMILES string of the molecule is CCCNC(=O)C1CC(=O)N(Cc2ccccc2)C1I. The third kappa shape index (κ3) is 3.50. The monoisotopic (exact) mass is 386 g/mol. The first-order valence-electron chi connectivity index (χ1n) is 6.88. The van der Waals surface area contributed by atoms with E-state index in [-0.39, 0.29) is 21.8 Å². The maximum Gasteiger partial charge on any atom is 0.226 e. The van der Waals surface area contributed by atoms with E-state index in [0.717, 1.165) is 12.0 Å². The first-order chi connectivity index (χ1) is 9.63. The van der Waals surface area contributed by atoms with E-state index in [4.69, 9.17) is 0 Å². The van der Waals surface area contributed by atoms with Crippen LogP contribution in [-0.4, -0.2) is 27.3 Å². The number of nitrogens with zero attached hydrogens (tertiary/aromatic N) is 1. The highest BCUT2D eigenvalue weighted by atomic mass is 127. The quantitative estimate of drug-likeness (QED) is 0.480. The molecule has 0 spiro atoms. The van der Waals surface area contributed by atoms with Crippen LogP contribution in [0.4, 0.5) is 0 Å². The molecule has 1 aliphatic heterocycles. The third-order valence-electron chi connectivity index (χ3n) is 3.43. The number of amides is 2. The highest BCUT2D eigenvalue weighted by molar-refractivity contribution is 14.1. The van der Waals surface area contributed by atoms with Gasteiger partial charge in [-0.25, -0.2) is 0 Å². The van der Waals surface area contributed by atoms with Gasteiger partial charge in [0.25, 0.3) is 0 Å². The zero-order valence-corrected chi connectivity index (χ0v) is 13.7. The third-order valence-corrected chi connectivity index (χ3v) is 4.97. The van der Waals surface area contributed by atoms with E-state index in [0.29, 0.717) is 19.5 Å². The van der Waals surface area contributed by atoms with Gasteiger partial charge >= 0.3 is 0 Å². The predicted octanol–water partition coefficient (Wildman–Crippen LogP) is 2.32. The Kier molecular flexibility index (Phi) is 5.39. The van der Waals surface area contributed by atoms with Gasteiger partial charge in [-0.3, -0.25) is 9.59 Å². The first-order valence-corrected chi connectivity index (χ1v) is 8.13. The molecule has 1 fully saturated rings. The smallest absolute Gasteiger partial charge is 0.226 e. The second kappa shape index (κ2) is 7.06. The molecule has 0 aromatic heterocycles. The number of hydrogen-bond donors (Lipinski definition) is 1. The zero-order valence-electron chi connectivity index (χ0n) is 11.5. The van der Waals surface area contributed by atoms with Gasteiger partial charge in [0.05, 0.1) is 9.97 Å². The molecule has 108 valence electrons. The Balaban J connectivity index is 2.01. The van der Waals surface area contributed by atoms with Crippen molar-refractivity contribution in [2.75, 3.05) is 6.54 Å². The summed E-state index contributed by atoms with van der Waals surface area (Å²) >= 11 is 2.21. The van der Waals surface area contributed by atoms with Crippen molar-refractivity contribution in [2.24, 2.45) is 5.92 Å². The van der Waals surface area contributed by atoms with Gasteiger partial charge in [0.15, 0.2) is 0 Å². The molecule has 5 heteroatoms. The summed E-state index contributed by atoms with van der Waals surface area (Å²) in [7, 11) is 0. The molecule has 0 aliphatic carbocycles. The van der Waals surface area contributed by atoms with Crippen LogP contribution >= 0.6 is 22.6 Å². The summed E-state index contributed by atoms with van der Waals surface area (Å²) in [6.07, 6.45) is 1.22. The van der Waals surface area contributed by atoms with Crippen LogP contribution in [0.5, 0.6) is 0 Å². The predicted molar refractivity (Wildman–Crippen MR) is 86.2 cm³/mol. The fourth-order valence-electron chi connectivity index (χ4n) is 2.31. The lowest BCUT2D eigenvalue weighted by Gasteiger charge is -2.23. The molecule has 1 N–H and O–H groups in total. The molecular weight excluding hydrogens is 367 g/mol. The Morgan fingerprint density at radius 2 is 2.10 bits per heavy atom. The summed E-state index contributed by atoms with van der Waals surface area (Å²) in [5.74, 6) is -0.182. The van der Waals surface area contributed by atoms with Crippen LogP contribution in [0, 0.1) is 5.92 Å². The van der Waals surface area contributed by atoms with Crippen molar-refractivity contribution in [3.8, 4) is 0 Å². The van der Waals surface area contributed by atoms with Crippen LogP contribution in [0.1, 0.15) is 25.3 Å². The molecule has 1 saturated heterocycles. The molecule has 2 amide bonds. The van der Waals surface area contributed by atoms with Gasteiger partial charge in [0.1, 0.15) is 0 Å². The van der Waals surface area contributed by atoms with E-state index in [9.17, 15) is 9.59 Å². The summed E-state index contributed by atoms with van der Waals surface area (Å²) in [5, 5.41) is 2.89. The summed E-state index contributed by atoms with van der Waals surface area (Å²) in [6, 6.07) is 9.88. The van der Waals surface area contributed by atoms with Crippen molar-refractivity contribution in [3.05, 3.63) is 35.9 Å². The molecule has 1 aromatic carbocycles. The summed E-state index contributed by atoms with van der Waals surface area (Å²) in [4.78, 5) is 26.0. The average molecular weight is 386 g/mol. The molecule has 0 bridgehead atoms. The minimum Gasteiger partial charge on any atom is -0.356 e. The van der Waals surface area contributed by atoms with Gasteiger partial charge in [-0.15, -0.1) is 0 Å². The first kappa shape index (κ1) is 15.3. The lowest BCUT2D eigenvalue weighted by molar-refractivity contribution is -0.129. The Labute approximate surface area is 133 Å². The summed E-state index contributed by atoms with van der Waals surface area (Å²) in [5.41, 5.74) is 1.09. The Morgan fingerprint density at radius 3 is 2.75 bits per heavy atom. The number of carbonyl (C=O) groups excluding carboxylic acids is 2. The highest BCUT2D eigenvalue weighted by Gasteiger charge is 2.41. The van der Waals surface area contributed by atoms with Gasteiger partial charge in [0, 0.05) is 19.5 Å². The van der Waals surface area contributed by atoms with Gasteiger partial charge in [-0.2, -0.15) is 0 Å². The molecule has 1 aliphatic rings. The van der Waals surface area contributed by atoms with Crippen molar-refractivity contribution in [2.45, 2.75) is 30.4 Å². The number of hydrogen-bond acceptors (Lipinski definition) is 2. The molecule has 1 aromatic rings. The minimum absolute atomic E-state index is 0.00448. The van der Waals surface area contributed by atoms with Crippen LogP contribution in [0.25, 0.3) is 0 Å². The number of likely N-dealkylation sites (tertiary alicyclic amines) is 1. The van der Waals surface area contributed by atoms with E-state index < -0.39 is 0 Å². The zero-order chi connectivity index (χ0) is 14.5. The van der Waals surface area contributed by atoms with Gasteiger partial charge in [-0.05, 0) is 12.0 Å². The highest BCUT2D eigenvalue weighted by Crippen LogP contribution is 2.31. The number of carbonyl (C=O) groups is 2. The molecule has 0 saturated carbocycles. The van der Waals surface area contributed by atoms with E-state index in [1.165, 1.54) is 0 Å². The lowest BCUT2D eigenvalue weighted by atomic mass is 10.1. The molecule has 4 nitrogen and oxygen atoms in total. The van der Waals surface area contributed by atoms with Gasteiger partial charge in [-0.1, -0.05) is 59.8 Å². The second-order valence-electron chi connectivity index (χ2n) is 4.98. The number of halogens is 1. The Hall–Kier alpha value is -1.11. The normalized spacial score (nSPS) is 22.1. The fraction of sp³-hybridized carbons (Fsp3) is 0.467. The molecule has 2 atom stereocenters. The summed E-state index contributed by atoms with van der Waals surface area (Å²) in [6.45, 7) is 3.26. The maximum absolute atomic E-state index is 12.1. The fourth-order valence-corrected chi connectivity index (χ4v) is 3.40.